The number of halogens is 1. The van der Waals surface area contributed by atoms with E-state index in [9.17, 15) is 0 Å². The third-order valence-electron chi connectivity index (χ3n) is 2.87. The Morgan fingerprint density at radius 1 is 1.00 bits per heavy atom. The molecule has 0 aliphatic rings. The van der Waals surface area contributed by atoms with Gasteiger partial charge in [-0.3, -0.25) is 0 Å². The lowest BCUT2D eigenvalue weighted by Crippen LogP contribution is -1.96. The molecule has 0 saturated heterocycles. The second kappa shape index (κ2) is 4.86. The monoisotopic (exact) mass is 270 g/mol. The van der Waals surface area contributed by atoms with Crippen LogP contribution in [0, 0.1) is 0 Å². The first kappa shape index (κ1) is 11.9. The van der Waals surface area contributed by atoms with Crippen molar-refractivity contribution in [3.05, 3.63) is 53.6 Å². The largest absolute Gasteiger partial charge is 0.467 e. The van der Waals surface area contributed by atoms with Crippen LogP contribution in [0.25, 0.3) is 22.2 Å². The Morgan fingerprint density at radius 2 is 1.79 bits per heavy atom. The van der Waals surface area contributed by atoms with Crippen molar-refractivity contribution < 1.29 is 4.74 Å². The summed E-state index contributed by atoms with van der Waals surface area (Å²) in [7, 11) is 1.56. The van der Waals surface area contributed by atoms with Gasteiger partial charge in [-0.2, -0.15) is 9.97 Å². The Balaban J connectivity index is 2.35. The SMILES string of the molecule is COc1nc(-c2ccccc2)c2cc(Cl)ccc2n1. The van der Waals surface area contributed by atoms with Gasteiger partial charge < -0.3 is 4.74 Å². The van der Waals surface area contributed by atoms with E-state index in [1.165, 1.54) is 0 Å². The summed E-state index contributed by atoms with van der Waals surface area (Å²) in [6.45, 7) is 0. The summed E-state index contributed by atoms with van der Waals surface area (Å²) >= 11 is 6.06. The maximum absolute atomic E-state index is 6.06. The van der Waals surface area contributed by atoms with Gasteiger partial charge in [-0.15, -0.1) is 0 Å². The Labute approximate surface area is 115 Å². The van der Waals surface area contributed by atoms with E-state index < -0.39 is 0 Å². The van der Waals surface area contributed by atoms with Crippen molar-refractivity contribution in [2.75, 3.05) is 7.11 Å². The van der Waals surface area contributed by atoms with Crippen LogP contribution in [0.1, 0.15) is 0 Å². The minimum Gasteiger partial charge on any atom is -0.467 e. The van der Waals surface area contributed by atoms with E-state index >= 15 is 0 Å². The molecule has 0 unspecified atom stereocenters. The molecule has 0 aliphatic carbocycles. The van der Waals surface area contributed by atoms with Gasteiger partial charge in [0.05, 0.1) is 18.3 Å². The zero-order valence-electron chi connectivity index (χ0n) is 10.3. The first-order valence-electron chi connectivity index (χ1n) is 5.84. The fraction of sp³-hybridized carbons (Fsp3) is 0.0667. The molecule has 3 nitrogen and oxygen atoms in total. The number of rotatable bonds is 2. The van der Waals surface area contributed by atoms with Crippen LogP contribution in [0.5, 0.6) is 6.01 Å². The summed E-state index contributed by atoms with van der Waals surface area (Å²) in [6, 6.07) is 15.8. The minimum absolute atomic E-state index is 0.355. The molecule has 2 aromatic carbocycles. The van der Waals surface area contributed by atoms with Crippen molar-refractivity contribution in [3.8, 4) is 17.3 Å². The second-order valence-electron chi connectivity index (χ2n) is 4.09. The molecule has 3 rings (SSSR count). The quantitative estimate of drug-likeness (QED) is 0.707. The number of ether oxygens (including phenoxy) is 1. The van der Waals surface area contributed by atoms with Gasteiger partial charge >= 0.3 is 6.01 Å². The number of fused-ring (bicyclic) bond motifs is 1. The lowest BCUT2D eigenvalue weighted by molar-refractivity contribution is 0.382. The molecule has 0 aliphatic heterocycles. The molecule has 0 bridgehead atoms. The Bertz CT molecular complexity index is 729. The molecule has 0 radical (unpaired) electrons. The molecule has 1 heterocycles. The van der Waals surface area contributed by atoms with Crippen molar-refractivity contribution in [1.29, 1.82) is 0 Å². The smallest absolute Gasteiger partial charge is 0.317 e. The topological polar surface area (TPSA) is 35.0 Å². The van der Waals surface area contributed by atoms with Gasteiger partial charge in [-0.05, 0) is 18.2 Å². The van der Waals surface area contributed by atoms with E-state index in [0.717, 1.165) is 22.2 Å². The third-order valence-corrected chi connectivity index (χ3v) is 3.10. The van der Waals surface area contributed by atoms with Crippen LogP contribution in [0.4, 0.5) is 0 Å². The number of aromatic nitrogens is 2. The molecule has 4 heteroatoms. The van der Waals surface area contributed by atoms with Crippen LogP contribution in [0.15, 0.2) is 48.5 Å². The molecule has 94 valence electrons. The van der Waals surface area contributed by atoms with Gasteiger partial charge in [0.1, 0.15) is 0 Å². The van der Waals surface area contributed by atoms with Gasteiger partial charge in [0.2, 0.25) is 0 Å². The number of methoxy groups -OCH3 is 1. The average Bonchev–Trinajstić information content (AvgIpc) is 2.47. The molecule has 19 heavy (non-hydrogen) atoms. The van der Waals surface area contributed by atoms with E-state index in [1.807, 2.05) is 48.5 Å². The molecule has 3 aromatic rings. The Morgan fingerprint density at radius 3 is 2.53 bits per heavy atom. The van der Waals surface area contributed by atoms with Crippen LogP contribution >= 0.6 is 11.6 Å². The minimum atomic E-state index is 0.355. The molecule has 0 N–H and O–H groups in total. The lowest BCUT2D eigenvalue weighted by Gasteiger charge is -2.08. The van der Waals surface area contributed by atoms with E-state index in [-0.39, 0.29) is 0 Å². The van der Waals surface area contributed by atoms with Gasteiger partial charge in [0.15, 0.2) is 0 Å². The van der Waals surface area contributed by atoms with Gasteiger partial charge in [0, 0.05) is 16.0 Å². The zero-order chi connectivity index (χ0) is 13.2. The first-order valence-corrected chi connectivity index (χ1v) is 6.22. The summed E-state index contributed by atoms with van der Waals surface area (Å²) in [5.74, 6) is 0. The third kappa shape index (κ3) is 2.25. The second-order valence-corrected chi connectivity index (χ2v) is 4.52. The molecule has 0 fully saturated rings. The molecule has 0 spiro atoms. The highest BCUT2D eigenvalue weighted by Gasteiger charge is 2.10. The van der Waals surface area contributed by atoms with Crippen LogP contribution in [-0.2, 0) is 0 Å². The predicted octanol–water partition coefficient (Wildman–Crippen LogP) is 3.96. The molecule has 0 saturated carbocycles. The Kier molecular flexibility index (Phi) is 3.05. The van der Waals surface area contributed by atoms with Gasteiger partial charge in [-0.1, -0.05) is 41.9 Å². The average molecular weight is 271 g/mol. The fourth-order valence-corrected chi connectivity index (χ4v) is 2.16. The van der Waals surface area contributed by atoms with Crippen LogP contribution in [-0.4, -0.2) is 17.1 Å². The lowest BCUT2D eigenvalue weighted by atomic mass is 10.1. The number of benzene rings is 2. The van der Waals surface area contributed by atoms with Crippen molar-refractivity contribution in [2.45, 2.75) is 0 Å². The van der Waals surface area contributed by atoms with Crippen molar-refractivity contribution >= 4 is 22.5 Å². The molecule has 1 aromatic heterocycles. The summed E-state index contributed by atoms with van der Waals surface area (Å²) in [5, 5.41) is 1.58. The Hall–Kier alpha value is -2.13. The highest BCUT2D eigenvalue weighted by Crippen LogP contribution is 2.29. The van der Waals surface area contributed by atoms with Gasteiger partial charge in [0.25, 0.3) is 0 Å². The number of hydrogen-bond donors (Lipinski definition) is 0. The maximum Gasteiger partial charge on any atom is 0.317 e. The van der Waals surface area contributed by atoms with Crippen molar-refractivity contribution in [1.82, 2.24) is 9.97 Å². The zero-order valence-corrected chi connectivity index (χ0v) is 11.1. The van der Waals surface area contributed by atoms with Gasteiger partial charge in [-0.25, -0.2) is 0 Å². The highest BCUT2D eigenvalue weighted by atomic mass is 35.5. The van der Waals surface area contributed by atoms with E-state index in [2.05, 4.69) is 9.97 Å². The predicted molar refractivity (Wildman–Crippen MR) is 76.5 cm³/mol. The van der Waals surface area contributed by atoms with E-state index in [1.54, 1.807) is 7.11 Å². The van der Waals surface area contributed by atoms with E-state index in [4.69, 9.17) is 16.3 Å². The van der Waals surface area contributed by atoms with Crippen LogP contribution in [0.3, 0.4) is 0 Å². The summed E-state index contributed by atoms with van der Waals surface area (Å²) < 4.78 is 5.16. The maximum atomic E-state index is 6.06. The molecular formula is C15H11ClN2O. The molecule has 0 atom stereocenters. The van der Waals surface area contributed by atoms with Crippen LogP contribution in [0.2, 0.25) is 5.02 Å². The highest BCUT2D eigenvalue weighted by molar-refractivity contribution is 6.31. The summed E-state index contributed by atoms with van der Waals surface area (Å²) in [5.41, 5.74) is 2.65. The summed E-state index contributed by atoms with van der Waals surface area (Å²) in [6.07, 6.45) is 0. The number of hydrogen-bond acceptors (Lipinski definition) is 3. The van der Waals surface area contributed by atoms with Crippen molar-refractivity contribution in [2.24, 2.45) is 0 Å². The standard InChI is InChI=1S/C15H11ClN2O/c1-19-15-17-13-8-7-11(16)9-12(13)14(18-15)10-5-3-2-4-6-10/h2-9H,1H3. The normalized spacial score (nSPS) is 10.6. The van der Waals surface area contributed by atoms with Crippen LogP contribution < -0.4 is 4.74 Å². The fourth-order valence-electron chi connectivity index (χ4n) is 1.99. The molecular weight excluding hydrogens is 260 g/mol. The summed E-state index contributed by atoms with van der Waals surface area (Å²) in [4.78, 5) is 8.77. The van der Waals surface area contributed by atoms with E-state index in [0.29, 0.717) is 11.0 Å². The molecule has 0 amide bonds. The van der Waals surface area contributed by atoms with Crippen molar-refractivity contribution in [3.63, 3.8) is 0 Å². The number of nitrogens with zero attached hydrogens (tertiary/aromatic N) is 2. The first-order chi connectivity index (χ1) is 9.28.